The van der Waals surface area contributed by atoms with Crippen molar-refractivity contribution in [2.45, 2.75) is 25.3 Å². The summed E-state index contributed by atoms with van der Waals surface area (Å²) in [6.07, 6.45) is 8.00. The van der Waals surface area contributed by atoms with Crippen molar-refractivity contribution < 1.29 is 4.79 Å². The second-order valence-electron chi connectivity index (χ2n) is 6.14. The van der Waals surface area contributed by atoms with Gasteiger partial charge in [-0.2, -0.15) is 10.2 Å². The largest absolute Gasteiger partial charge is 0.327 e. The average Bonchev–Trinajstić information content (AvgIpc) is 3.31. The molecule has 4 rings (SSSR count). The molecule has 1 aliphatic heterocycles. The number of aryl methyl sites for hydroxylation is 1. The molecule has 3 aromatic rings. The van der Waals surface area contributed by atoms with Crippen molar-refractivity contribution in [3.8, 4) is 11.4 Å². The first-order valence-corrected chi connectivity index (χ1v) is 8.35. The minimum atomic E-state index is -0.103. The monoisotopic (exact) mass is 337 g/mol. The Morgan fingerprint density at radius 1 is 1.28 bits per heavy atom. The SMILES string of the molecule is Cn1nccc1C(=O)N1CCCCC1c1nc(-c2cccnc2)n[nH]1. The first-order chi connectivity index (χ1) is 12.2. The van der Waals surface area contributed by atoms with Gasteiger partial charge in [0.1, 0.15) is 11.5 Å². The van der Waals surface area contributed by atoms with Crippen LogP contribution in [0, 0.1) is 0 Å². The molecule has 25 heavy (non-hydrogen) atoms. The lowest BCUT2D eigenvalue weighted by molar-refractivity contribution is 0.0589. The number of aromatic amines is 1. The molecule has 0 aliphatic carbocycles. The number of piperidine rings is 1. The molecule has 1 atom stereocenters. The van der Waals surface area contributed by atoms with Crippen LogP contribution in [-0.2, 0) is 7.05 Å². The Morgan fingerprint density at radius 3 is 2.96 bits per heavy atom. The van der Waals surface area contributed by atoms with Crippen LogP contribution in [0.15, 0.2) is 36.8 Å². The fourth-order valence-corrected chi connectivity index (χ4v) is 3.24. The molecule has 128 valence electrons. The smallest absolute Gasteiger partial charge is 0.272 e. The number of rotatable bonds is 3. The number of aromatic nitrogens is 6. The highest BCUT2D eigenvalue weighted by molar-refractivity contribution is 5.92. The third-order valence-corrected chi connectivity index (χ3v) is 4.54. The number of likely N-dealkylation sites (tertiary alicyclic amines) is 1. The molecule has 8 heteroatoms. The maximum absolute atomic E-state index is 12.9. The zero-order valence-corrected chi connectivity index (χ0v) is 14.0. The molecule has 1 N–H and O–H groups in total. The van der Waals surface area contributed by atoms with E-state index in [-0.39, 0.29) is 11.9 Å². The molecular weight excluding hydrogens is 318 g/mol. The minimum absolute atomic E-state index is 0.0240. The summed E-state index contributed by atoms with van der Waals surface area (Å²) >= 11 is 0. The van der Waals surface area contributed by atoms with E-state index in [0.717, 1.165) is 24.8 Å². The number of nitrogens with one attached hydrogen (secondary N) is 1. The molecule has 1 unspecified atom stereocenters. The van der Waals surface area contributed by atoms with Crippen molar-refractivity contribution in [2.75, 3.05) is 6.54 Å². The van der Waals surface area contributed by atoms with Crippen LogP contribution < -0.4 is 0 Å². The van der Waals surface area contributed by atoms with Crippen molar-refractivity contribution in [1.29, 1.82) is 0 Å². The average molecular weight is 337 g/mol. The number of carbonyl (C=O) groups is 1. The van der Waals surface area contributed by atoms with Gasteiger partial charge in [-0.05, 0) is 37.5 Å². The Bertz CT molecular complexity index is 870. The Kier molecular flexibility index (Phi) is 4.01. The zero-order chi connectivity index (χ0) is 17.2. The van der Waals surface area contributed by atoms with E-state index in [1.165, 1.54) is 0 Å². The standard InChI is InChI=1S/C17H19N7O/c1-23-14(7-9-19-23)17(25)24-10-3-2-6-13(24)16-20-15(21-22-16)12-5-4-8-18-11-12/h4-5,7-9,11,13H,2-3,6,10H2,1H3,(H,20,21,22). The summed E-state index contributed by atoms with van der Waals surface area (Å²) in [6.45, 7) is 0.706. The van der Waals surface area contributed by atoms with E-state index >= 15 is 0 Å². The number of nitrogens with zero attached hydrogens (tertiary/aromatic N) is 6. The molecular formula is C17H19N7O. The topological polar surface area (TPSA) is 92.6 Å². The zero-order valence-electron chi connectivity index (χ0n) is 14.0. The molecule has 0 aromatic carbocycles. The second-order valence-corrected chi connectivity index (χ2v) is 6.14. The predicted octanol–water partition coefficient (Wildman–Crippen LogP) is 1.97. The number of pyridine rings is 1. The number of hydrogen-bond acceptors (Lipinski definition) is 5. The third-order valence-electron chi connectivity index (χ3n) is 4.54. The van der Waals surface area contributed by atoms with Gasteiger partial charge in [0.15, 0.2) is 5.82 Å². The van der Waals surface area contributed by atoms with Gasteiger partial charge in [0.2, 0.25) is 0 Å². The summed E-state index contributed by atoms with van der Waals surface area (Å²) in [6, 6.07) is 5.41. The van der Waals surface area contributed by atoms with Crippen molar-refractivity contribution in [2.24, 2.45) is 7.05 Å². The maximum atomic E-state index is 12.9. The number of amides is 1. The van der Waals surface area contributed by atoms with Gasteiger partial charge in [-0.1, -0.05) is 0 Å². The molecule has 4 heterocycles. The van der Waals surface area contributed by atoms with Gasteiger partial charge in [-0.15, -0.1) is 0 Å². The lowest BCUT2D eigenvalue weighted by atomic mass is 10.0. The highest BCUT2D eigenvalue weighted by Gasteiger charge is 2.32. The summed E-state index contributed by atoms with van der Waals surface area (Å²) < 4.78 is 1.61. The number of carbonyl (C=O) groups excluding carboxylic acids is 1. The normalized spacial score (nSPS) is 17.6. The van der Waals surface area contributed by atoms with E-state index in [4.69, 9.17) is 0 Å². The highest BCUT2D eigenvalue weighted by Crippen LogP contribution is 2.31. The summed E-state index contributed by atoms with van der Waals surface area (Å²) in [5.74, 6) is 1.29. The fourth-order valence-electron chi connectivity index (χ4n) is 3.24. The molecule has 1 fully saturated rings. The number of H-pyrrole nitrogens is 1. The van der Waals surface area contributed by atoms with Gasteiger partial charge in [-0.3, -0.25) is 19.6 Å². The van der Waals surface area contributed by atoms with Crippen LogP contribution in [0.2, 0.25) is 0 Å². The summed E-state index contributed by atoms with van der Waals surface area (Å²) in [5, 5.41) is 11.4. The Morgan fingerprint density at radius 2 is 2.20 bits per heavy atom. The Balaban J connectivity index is 1.63. The van der Waals surface area contributed by atoms with Gasteiger partial charge in [0.25, 0.3) is 5.91 Å². The van der Waals surface area contributed by atoms with Crippen molar-refractivity contribution in [1.82, 2.24) is 34.8 Å². The molecule has 0 bridgehead atoms. The van der Waals surface area contributed by atoms with Crippen LogP contribution in [0.5, 0.6) is 0 Å². The molecule has 1 aliphatic rings. The van der Waals surface area contributed by atoms with Gasteiger partial charge in [0.05, 0.1) is 6.04 Å². The molecule has 1 amide bonds. The van der Waals surface area contributed by atoms with Crippen molar-refractivity contribution in [3.05, 3.63) is 48.3 Å². The predicted molar refractivity (Wildman–Crippen MR) is 90.5 cm³/mol. The van der Waals surface area contributed by atoms with Gasteiger partial charge < -0.3 is 4.90 Å². The molecule has 1 saturated heterocycles. The summed E-state index contributed by atoms with van der Waals surface area (Å²) in [7, 11) is 1.78. The van der Waals surface area contributed by atoms with Gasteiger partial charge in [-0.25, -0.2) is 4.98 Å². The number of hydrogen-bond donors (Lipinski definition) is 1. The van der Waals surface area contributed by atoms with Crippen molar-refractivity contribution >= 4 is 5.91 Å². The van der Waals surface area contributed by atoms with Crippen LogP contribution in [-0.4, -0.2) is 47.3 Å². The van der Waals surface area contributed by atoms with Crippen LogP contribution in [0.1, 0.15) is 41.6 Å². The van der Waals surface area contributed by atoms with E-state index in [1.54, 1.807) is 36.4 Å². The van der Waals surface area contributed by atoms with E-state index in [9.17, 15) is 4.79 Å². The maximum Gasteiger partial charge on any atom is 0.272 e. The Labute approximate surface area is 144 Å². The van der Waals surface area contributed by atoms with E-state index in [1.807, 2.05) is 17.0 Å². The lowest BCUT2D eigenvalue weighted by Crippen LogP contribution is -2.39. The van der Waals surface area contributed by atoms with E-state index in [0.29, 0.717) is 23.9 Å². The third kappa shape index (κ3) is 2.90. The van der Waals surface area contributed by atoms with E-state index < -0.39 is 0 Å². The lowest BCUT2D eigenvalue weighted by Gasteiger charge is -2.34. The first-order valence-electron chi connectivity index (χ1n) is 8.35. The summed E-state index contributed by atoms with van der Waals surface area (Å²) in [4.78, 5) is 23.5. The van der Waals surface area contributed by atoms with Crippen LogP contribution in [0.25, 0.3) is 11.4 Å². The van der Waals surface area contributed by atoms with Crippen LogP contribution >= 0.6 is 0 Å². The second kappa shape index (κ2) is 6.46. The quantitative estimate of drug-likeness (QED) is 0.789. The van der Waals surface area contributed by atoms with E-state index in [2.05, 4.69) is 25.3 Å². The molecule has 0 radical (unpaired) electrons. The van der Waals surface area contributed by atoms with Crippen molar-refractivity contribution in [3.63, 3.8) is 0 Å². The van der Waals surface area contributed by atoms with Gasteiger partial charge >= 0.3 is 0 Å². The molecule has 8 nitrogen and oxygen atoms in total. The molecule has 0 saturated carbocycles. The highest BCUT2D eigenvalue weighted by atomic mass is 16.2. The first kappa shape index (κ1) is 15.5. The molecule has 3 aromatic heterocycles. The Hall–Kier alpha value is -3.03. The minimum Gasteiger partial charge on any atom is -0.327 e. The van der Waals surface area contributed by atoms with Crippen LogP contribution in [0.4, 0.5) is 0 Å². The summed E-state index contributed by atoms with van der Waals surface area (Å²) in [5.41, 5.74) is 1.43. The molecule has 0 spiro atoms. The van der Waals surface area contributed by atoms with Crippen LogP contribution in [0.3, 0.4) is 0 Å². The fraction of sp³-hybridized carbons (Fsp3) is 0.353. The van der Waals surface area contributed by atoms with Gasteiger partial charge in [0, 0.05) is 37.7 Å².